The minimum Gasteiger partial charge on any atom is -0.394 e. The second-order valence-electron chi connectivity index (χ2n) is 4.36. The maximum atomic E-state index is 10.9. The van der Waals surface area contributed by atoms with Crippen molar-refractivity contribution in [2.45, 2.75) is 37.2 Å². The number of nitrogens with two attached hydrogens (primary N) is 1. The zero-order valence-corrected chi connectivity index (χ0v) is 12.2. The van der Waals surface area contributed by atoms with E-state index < -0.39 is 36.3 Å². The summed E-state index contributed by atoms with van der Waals surface area (Å²) in [4.78, 5) is 10.9. The molecule has 1 aromatic rings. The number of carbonyl (C=O) groups is 1. The summed E-state index contributed by atoms with van der Waals surface area (Å²) in [7, 11) is 5.43. The highest BCUT2D eigenvalue weighted by Crippen LogP contribution is 2.17. The molecule has 0 spiro atoms. The number of hydrogen-bond donors (Lipinski definition) is 4. The second-order valence-corrected chi connectivity index (χ2v) is 5.10. The lowest BCUT2D eigenvalue weighted by Gasteiger charge is -2.27. The number of rotatable bonds is 9. The Morgan fingerprint density at radius 2 is 2.29 bits per heavy atom. The highest BCUT2D eigenvalue weighted by atomic mass is 32.2. The van der Waals surface area contributed by atoms with Gasteiger partial charge in [0.25, 0.3) is 5.91 Å². The molecule has 0 saturated carbocycles. The third-order valence-electron chi connectivity index (χ3n) is 2.64. The Labute approximate surface area is 126 Å². The second kappa shape index (κ2) is 8.34. The molecule has 1 amide bonds. The number of nitrogens with zero attached hydrogens (tertiary/aromatic N) is 3. The molecule has 5 N–H and O–H groups in total. The zero-order chi connectivity index (χ0) is 16.0. The minimum absolute atomic E-state index is 0.0303. The third kappa shape index (κ3) is 5.28. The van der Waals surface area contributed by atoms with E-state index in [0.717, 1.165) is 11.6 Å². The first kappa shape index (κ1) is 17.9. The van der Waals surface area contributed by atoms with Crippen LogP contribution in [0.1, 0.15) is 17.4 Å². The molecular weight excluding hydrogens is 299 g/mol. The molecule has 1 aromatic heterocycles. The largest absolute Gasteiger partial charge is 0.394 e. The van der Waals surface area contributed by atoms with Crippen LogP contribution >= 0.6 is 11.6 Å². The van der Waals surface area contributed by atoms with Crippen molar-refractivity contribution in [2.24, 2.45) is 5.73 Å². The van der Waals surface area contributed by atoms with Crippen LogP contribution in [0.25, 0.3) is 0 Å². The van der Waals surface area contributed by atoms with Crippen molar-refractivity contribution in [2.75, 3.05) is 6.61 Å². The van der Waals surface area contributed by atoms with Gasteiger partial charge in [-0.15, -0.1) is 5.10 Å². The van der Waals surface area contributed by atoms with Gasteiger partial charge in [0.05, 0.1) is 25.5 Å². The molecule has 116 valence electrons. The lowest BCUT2D eigenvalue weighted by molar-refractivity contribution is -0.0968. The molecule has 4 atom stereocenters. The van der Waals surface area contributed by atoms with Crippen molar-refractivity contribution in [3.8, 4) is 0 Å². The maximum Gasteiger partial charge on any atom is 0.270 e. The molecule has 0 aliphatic carbocycles. The Morgan fingerprint density at radius 3 is 2.71 bits per heavy atom. The molecular formula is C10H17BN4O5S. The van der Waals surface area contributed by atoms with Gasteiger partial charge in [0.15, 0.2) is 12.8 Å². The molecule has 0 aromatic carbocycles. The number of hydrogen-bond acceptors (Lipinski definition) is 8. The number of primary amides is 1. The lowest BCUT2D eigenvalue weighted by Crippen LogP contribution is -2.39. The van der Waals surface area contributed by atoms with Crippen LogP contribution < -0.4 is 5.73 Å². The van der Waals surface area contributed by atoms with Crippen LogP contribution in [0.15, 0.2) is 6.20 Å². The zero-order valence-electron chi connectivity index (χ0n) is 11.4. The average Bonchev–Trinajstić information content (AvgIpc) is 2.88. The van der Waals surface area contributed by atoms with E-state index in [4.69, 9.17) is 22.7 Å². The Morgan fingerprint density at radius 1 is 1.62 bits per heavy atom. The first-order chi connectivity index (χ1) is 9.88. The van der Waals surface area contributed by atoms with Crippen molar-refractivity contribution < 1.29 is 24.9 Å². The number of aromatic nitrogens is 3. The van der Waals surface area contributed by atoms with Gasteiger partial charge in [-0.3, -0.25) is 4.79 Å². The number of aliphatic hydroxyl groups is 3. The first-order valence-electron chi connectivity index (χ1n) is 6.07. The van der Waals surface area contributed by atoms with Crippen LogP contribution in [0, 0.1) is 0 Å². The van der Waals surface area contributed by atoms with Gasteiger partial charge in [0, 0.05) is 0 Å². The molecule has 9 nitrogen and oxygen atoms in total. The topological polar surface area (TPSA) is 144 Å². The van der Waals surface area contributed by atoms with Crippen molar-refractivity contribution in [1.82, 2.24) is 15.0 Å². The Kier molecular flexibility index (Phi) is 7.12. The van der Waals surface area contributed by atoms with E-state index in [0.29, 0.717) is 0 Å². The van der Waals surface area contributed by atoms with Gasteiger partial charge < -0.3 is 25.8 Å². The maximum absolute atomic E-state index is 10.9. The van der Waals surface area contributed by atoms with Crippen LogP contribution in [0.3, 0.4) is 0 Å². The van der Waals surface area contributed by atoms with E-state index in [1.165, 1.54) is 17.8 Å². The summed E-state index contributed by atoms with van der Waals surface area (Å²) < 4.78 is 6.55. The smallest absolute Gasteiger partial charge is 0.270 e. The number of aliphatic hydroxyl groups excluding tert-OH is 3. The fraction of sp³-hybridized carbons (Fsp3) is 0.700. The molecule has 0 aliphatic heterocycles. The molecule has 11 heteroatoms. The first-order valence-corrected chi connectivity index (χ1v) is 7.01. The summed E-state index contributed by atoms with van der Waals surface area (Å²) in [6.07, 6.45) is -1.63. The Balaban J connectivity index is 2.65. The van der Waals surface area contributed by atoms with E-state index in [9.17, 15) is 15.0 Å². The Bertz CT molecular complexity index is 460. The van der Waals surface area contributed by atoms with Gasteiger partial charge in [-0.05, 0) is 6.92 Å². The van der Waals surface area contributed by atoms with E-state index in [2.05, 4.69) is 10.3 Å². The van der Waals surface area contributed by atoms with Crippen molar-refractivity contribution in [3.05, 3.63) is 11.9 Å². The monoisotopic (exact) mass is 316 g/mol. The Hall–Kier alpha value is -1.14. The van der Waals surface area contributed by atoms with Gasteiger partial charge >= 0.3 is 0 Å². The summed E-state index contributed by atoms with van der Waals surface area (Å²) in [5.41, 5.74) is 4.10. The molecule has 1 heterocycles. The fourth-order valence-electron chi connectivity index (χ4n) is 1.47. The van der Waals surface area contributed by atoms with Crippen LogP contribution in [0.2, 0.25) is 0 Å². The highest BCUT2D eigenvalue weighted by molar-refractivity contribution is 8.20. The average molecular weight is 316 g/mol. The molecule has 0 bridgehead atoms. The minimum atomic E-state index is -1.10. The van der Waals surface area contributed by atoms with Gasteiger partial charge in [-0.25, -0.2) is 4.68 Å². The van der Waals surface area contributed by atoms with Gasteiger partial charge in [0.2, 0.25) is 0 Å². The molecule has 0 aliphatic rings. The van der Waals surface area contributed by atoms with Gasteiger partial charge in [-0.1, -0.05) is 5.21 Å². The lowest BCUT2D eigenvalue weighted by atomic mass is 10.2. The van der Waals surface area contributed by atoms with E-state index in [-0.39, 0.29) is 12.2 Å². The quantitative estimate of drug-likeness (QED) is 0.292. The van der Waals surface area contributed by atoms with Crippen LogP contribution in [0.5, 0.6) is 0 Å². The summed E-state index contributed by atoms with van der Waals surface area (Å²) in [5, 5.41) is 35.7. The van der Waals surface area contributed by atoms with Crippen molar-refractivity contribution in [3.63, 3.8) is 0 Å². The van der Waals surface area contributed by atoms with Crippen LogP contribution in [0.4, 0.5) is 0 Å². The summed E-state index contributed by atoms with van der Waals surface area (Å²) >= 11 is 0.724. The standard InChI is InChI=1S/C10H17BN4O5S/c1-5(17)8(4-16)20-10(21-11)7(18)3-15-2-6(9(12)19)13-14-15/h2,5,7-8,10,16-18H,3-4H2,1H3,(H2,12,19)/t5-,7+,8?,10?/m1/s1. The van der Waals surface area contributed by atoms with Crippen LogP contribution in [-0.4, -0.2) is 73.7 Å². The summed E-state index contributed by atoms with van der Waals surface area (Å²) in [6.45, 7) is 0.978. The van der Waals surface area contributed by atoms with Crippen molar-refractivity contribution in [1.29, 1.82) is 0 Å². The van der Waals surface area contributed by atoms with E-state index in [1.807, 2.05) is 0 Å². The third-order valence-corrected chi connectivity index (χ3v) is 3.33. The highest BCUT2D eigenvalue weighted by Gasteiger charge is 2.25. The van der Waals surface area contributed by atoms with Gasteiger partial charge in [-0.2, -0.15) is 11.6 Å². The SMILES string of the molecule is [B]SC(OC(CO)[C@@H](C)O)[C@@H](O)Cn1cc(C(N)=O)nn1. The molecule has 1 rings (SSSR count). The normalized spacial score (nSPS) is 17.1. The number of ether oxygens (including phenoxy) is 1. The molecule has 0 saturated heterocycles. The van der Waals surface area contributed by atoms with E-state index in [1.54, 1.807) is 0 Å². The van der Waals surface area contributed by atoms with Gasteiger partial charge in [0.1, 0.15) is 17.6 Å². The predicted molar refractivity (Wildman–Crippen MR) is 75.3 cm³/mol. The van der Waals surface area contributed by atoms with E-state index >= 15 is 0 Å². The number of carbonyl (C=O) groups excluding carboxylic acids is 1. The fourth-order valence-corrected chi connectivity index (χ4v) is 1.95. The number of amides is 1. The van der Waals surface area contributed by atoms with Crippen LogP contribution in [-0.2, 0) is 11.3 Å². The molecule has 2 unspecified atom stereocenters. The predicted octanol–water partition coefficient (Wildman–Crippen LogP) is -2.36. The summed E-state index contributed by atoms with van der Waals surface area (Å²) in [5.74, 6) is -0.730. The molecule has 21 heavy (non-hydrogen) atoms. The molecule has 2 radical (unpaired) electrons. The molecule has 0 fully saturated rings. The summed E-state index contributed by atoms with van der Waals surface area (Å²) in [6, 6.07) is 0. The van der Waals surface area contributed by atoms with Crippen molar-refractivity contribution >= 4 is 24.6 Å².